The van der Waals surface area contributed by atoms with Crippen LogP contribution in [-0.4, -0.2) is 31.0 Å². The lowest BCUT2D eigenvalue weighted by atomic mass is 10.00. The largest absolute Gasteiger partial charge is 0.348 e. The van der Waals surface area contributed by atoms with Crippen LogP contribution in [0.1, 0.15) is 5.56 Å². The van der Waals surface area contributed by atoms with Gasteiger partial charge in [-0.1, -0.05) is 54.6 Å². The molecule has 1 aliphatic heterocycles. The Morgan fingerprint density at radius 1 is 1.00 bits per heavy atom. The number of hydrogen-bond donors (Lipinski definition) is 1. The molecule has 1 heterocycles. The maximum Gasteiger partial charge on any atom is 0.0861 e. The van der Waals surface area contributed by atoms with Crippen LogP contribution in [0.4, 0.5) is 0 Å². The molecule has 2 aromatic carbocycles. The average molecular weight is 302 g/mol. The standard InChI is InChI=1S/C17H19N3.ClH/c1-2-6-15(7-3-1)17-9-5-4-8-16(17)12-19-14-20-11-10-18-13-20;/h1-9,13,19H,10-12,14H2;1H. The van der Waals surface area contributed by atoms with Gasteiger partial charge in [0.1, 0.15) is 0 Å². The summed E-state index contributed by atoms with van der Waals surface area (Å²) in [5, 5.41) is 3.49. The van der Waals surface area contributed by atoms with Gasteiger partial charge in [-0.25, -0.2) is 0 Å². The second kappa shape index (κ2) is 7.81. The van der Waals surface area contributed by atoms with Crippen LogP contribution in [0.5, 0.6) is 0 Å². The number of aliphatic imine (C=N–C) groups is 1. The summed E-state index contributed by atoms with van der Waals surface area (Å²) in [6.45, 7) is 3.66. The van der Waals surface area contributed by atoms with E-state index in [1.165, 1.54) is 16.7 Å². The van der Waals surface area contributed by atoms with Crippen molar-refractivity contribution in [2.24, 2.45) is 4.99 Å². The first-order chi connectivity index (χ1) is 9.93. The van der Waals surface area contributed by atoms with Crippen molar-refractivity contribution in [3.05, 3.63) is 60.2 Å². The molecule has 0 atom stereocenters. The van der Waals surface area contributed by atoms with E-state index in [4.69, 9.17) is 0 Å². The molecule has 4 heteroatoms. The van der Waals surface area contributed by atoms with Crippen LogP contribution in [0.15, 0.2) is 59.6 Å². The predicted molar refractivity (Wildman–Crippen MR) is 90.9 cm³/mol. The third-order valence-corrected chi connectivity index (χ3v) is 3.49. The number of nitrogens with zero attached hydrogens (tertiary/aromatic N) is 2. The fraction of sp³-hybridized carbons (Fsp3) is 0.235. The second-order valence-corrected chi connectivity index (χ2v) is 4.94. The lowest BCUT2D eigenvalue weighted by molar-refractivity contribution is 0.418. The van der Waals surface area contributed by atoms with E-state index in [2.05, 4.69) is 69.8 Å². The Balaban J connectivity index is 0.00000161. The second-order valence-electron chi connectivity index (χ2n) is 4.94. The fourth-order valence-electron chi connectivity index (χ4n) is 2.44. The molecule has 0 saturated heterocycles. The first-order valence-corrected chi connectivity index (χ1v) is 7.01. The van der Waals surface area contributed by atoms with E-state index in [9.17, 15) is 0 Å². The maximum absolute atomic E-state index is 4.22. The zero-order valence-electron chi connectivity index (χ0n) is 11.9. The lowest BCUT2D eigenvalue weighted by Crippen LogP contribution is -2.31. The topological polar surface area (TPSA) is 27.6 Å². The Morgan fingerprint density at radius 2 is 1.76 bits per heavy atom. The van der Waals surface area contributed by atoms with Crippen LogP contribution >= 0.6 is 12.4 Å². The molecular formula is C17H20ClN3. The highest BCUT2D eigenvalue weighted by Crippen LogP contribution is 2.23. The highest BCUT2D eigenvalue weighted by molar-refractivity contribution is 5.85. The highest BCUT2D eigenvalue weighted by atomic mass is 35.5. The molecule has 3 nitrogen and oxygen atoms in total. The van der Waals surface area contributed by atoms with Crippen molar-refractivity contribution >= 4 is 18.7 Å². The molecule has 0 unspecified atom stereocenters. The number of halogens is 1. The minimum absolute atomic E-state index is 0. The molecule has 0 radical (unpaired) electrons. The van der Waals surface area contributed by atoms with Crippen LogP contribution in [0.3, 0.4) is 0 Å². The van der Waals surface area contributed by atoms with Gasteiger partial charge >= 0.3 is 0 Å². The molecule has 0 aliphatic carbocycles. The molecule has 0 bridgehead atoms. The van der Waals surface area contributed by atoms with Crippen molar-refractivity contribution in [3.8, 4) is 11.1 Å². The van der Waals surface area contributed by atoms with Gasteiger partial charge < -0.3 is 4.90 Å². The first-order valence-electron chi connectivity index (χ1n) is 7.01. The average Bonchev–Trinajstić information content (AvgIpc) is 3.02. The van der Waals surface area contributed by atoms with Gasteiger partial charge in [0.2, 0.25) is 0 Å². The maximum atomic E-state index is 4.22. The summed E-state index contributed by atoms with van der Waals surface area (Å²) in [5.74, 6) is 0. The molecule has 0 aromatic heterocycles. The molecule has 21 heavy (non-hydrogen) atoms. The van der Waals surface area contributed by atoms with Crippen LogP contribution in [-0.2, 0) is 6.54 Å². The van der Waals surface area contributed by atoms with Crippen LogP contribution in [0, 0.1) is 0 Å². The zero-order chi connectivity index (χ0) is 13.6. The Hall–Kier alpha value is -1.84. The Kier molecular flexibility index (Phi) is 5.78. The SMILES string of the molecule is C1=NCCN1CNCc1ccccc1-c1ccccc1.Cl. The molecule has 0 fully saturated rings. The van der Waals surface area contributed by atoms with Gasteiger partial charge in [-0.2, -0.15) is 0 Å². The predicted octanol–water partition coefficient (Wildman–Crippen LogP) is 3.17. The molecule has 2 aromatic rings. The van der Waals surface area contributed by atoms with Gasteiger partial charge in [0.05, 0.1) is 19.6 Å². The molecule has 1 N–H and O–H groups in total. The summed E-state index contributed by atoms with van der Waals surface area (Å²) in [4.78, 5) is 6.42. The molecular weight excluding hydrogens is 282 g/mol. The van der Waals surface area contributed by atoms with E-state index in [-0.39, 0.29) is 12.4 Å². The number of rotatable bonds is 5. The smallest absolute Gasteiger partial charge is 0.0861 e. The quantitative estimate of drug-likeness (QED) is 0.918. The Morgan fingerprint density at radius 3 is 2.52 bits per heavy atom. The molecule has 3 rings (SSSR count). The van der Waals surface area contributed by atoms with E-state index in [0.717, 1.165) is 26.3 Å². The molecule has 0 amide bonds. The fourth-order valence-corrected chi connectivity index (χ4v) is 2.44. The lowest BCUT2D eigenvalue weighted by Gasteiger charge is -2.16. The van der Waals surface area contributed by atoms with Crippen molar-refractivity contribution in [3.63, 3.8) is 0 Å². The minimum atomic E-state index is 0. The molecule has 0 spiro atoms. The van der Waals surface area contributed by atoms with Gasteiger partial charge in [0.25, 0.3) is 0 Å². The molecule has 0 saturated carbocycles. The van der Waals surface area contributed by atoms with Crippen molar-refractivity contribution in [1.82, 2.24) is 10.2 Å². The van der Waals surface area contributed by atoms with E-state index < -0.39 is 0 Å². The molecule has 1 aliphatic rings. The number of nitrogens with one attached hydrogen (secondary N) is 1. The number of hydrogen-bond acceptors (Lipinski definition) is 3. The van der Waals surface area contributed by atoms with Gasteiger partial charge in [-0.05, 0) is 16.7 Å². The minimum Gasteiger partial charge on any atom is -0.348 e. The highest BCUT2D eigenvalue weighted by Gasteiger charge is 2.06. The van der Waals surface area contributed by atoms with E-state index in [0.29, 0.717) is 0 Å². The molecule has 110 valence electrons. The van der Waals surface area contributed by atoms with Gasteiger partial charge in [-0.3, -0.25) is 10.3 Å². The van der Waals surface area contributed by atoms with E-state index >= 15 is 0 Å². The summed E-state index contributed by atoms with van der Waals surface area (Å²) in [6, 6.07) is 19.1. The van der Waals surface area contributed by atoms with Crippen molar-refractivity contribution in [2.75, 3.05) is 19.8 Å². The van der Waals surface area contributed by atoms with Gasteiger partial charge in [-0.15, -0.1) is 12.4 Å². The first kappa shape index (κ1) is 15.5. The van der Waals surface area contributed by atoms with Crippen LogP contribution in [0.2, 0.25) is 0 Å². The Labute approximate surface area is 132 Å². The summed E-state index contributed by atoms with van der Waals surface area (Å²) in [5.41, 5.74) is 3.90. The van der Waals surface area contributed by atoms with Gasteiger partial charge in [0, 0.05) is 13.1 Å². The summed E-state index contributed by atoms with van der Waals surface area (Å²) in [6.07, 6.45) is 1.93. The Bertz CT molecular complexity index is 584. The van der Waals surface area contributed by atoms with E-state index in [1.807, 2.05) is 6.34 Å². The monoisotopic (exact) mass is 301 g/mol. The van der Waals surface area contributed by atoms with Crippen molar-refractivity contribution < 1.29 is 0 Å². The summed E-state index contributed by atoms with van der Waals surface area (Å²) >= 11 is 0. The third kappa shape index (κ3) is 4.06. The van der Waals surface area contributed by atoms with E-state index in [1.54, 1.807) is 0 Å². The summed E-state index contributed by atoms with van der Waals surface area (Å²) < 4.78 is 0. The normalized spacial score (nSPS) is 13.2. The van der Waals surface area contributed by atoms with Gasteiger partial charge in [0.15, 0.2) is 0 Å². The van der Waals surface area contributed by atoms with Crippen LogP contribution < -0.4 is 5.32 Å². The number of benzene rings is 2. The van der Waals surface area contributed by atoms with Crippen molar-refractivity contribution in [2.45, 2.75) is 6.54 Å². The third-order valence-electron chi connectivity index (χ3n) is 3.49. The summed E-state index contributed by atoms with van der Waals surface area (Å²) in [7, 11) is 0. The van der Waals surface area contributed by atoms with Crippen LogP contribution in [0.25, 0.3) is 11.1 Å². The zero-order valence-corrected chi connectivity index (χ0v) is 12.7. The van der Waals surface area contributed by atoms with Crippen molar-refractivity contribution in [1.29, 1.82) is 0 Å².